The molecule has 2 heteroatoms. The van der Waals surface area contributed by atoms with E-state index in [9.17, 15) is 0 Å². The first-order chi connectivity index (χ1) is 9.84. The van der Waals surface area contributed by atoms with Crippen molar-refractivity contribution in [3.05, 3.63) is 65.7 Å². The van der Waals surface area contributed by atoms with Crippen LogP contribution in [-0.4, -0.2) is 20.1 Å². The number of rotatable bonds is 4. The van der Waals surface area contributed by atoms with Gasteiger partial charge in [-0.3, -0.25) is 0 Å². The van der Waals surface area contributed by atoms with Gasteiger partial charge >= 0.3 is 0 Å². The van der Waals surface area contributed by atoms with Crippen molar-refractivity contribution in [2.45, 2.75) is 18.9 Å². The van der Waals surface area contributed by atoms with Crippen LogP contribution in [0.5, 0.6) is 0 Å². The third-order valence-corrected chi connectivity index (χ3v) is 4.16. The monoisotopic (exact) mass is 266 g/mol. The molecule has 2 aromatic rings. The van der Waals surface area contributed by atoms with Crippen LogP contribution in [0.4, 0.5) is 5.69 Å². The molecule has 1 atom stereocenters. The Labute approximate surface area is 121 Å². The number of nitrogens with one attached hydrogen (secondary N) is 1. The summed E-state index contributed by atoms with van der Waals surface area (Å²) in [5.74, 6) is 0.631. The highest BCUT2D eigenvalue weighted by molar-refractivity contribution is 5.56. The Hall–Kier alpha value is -1.80. The van der Waals surface area contributed by atoms with Crippen LogP contribution in [0.25, 0.3) is 0 Å². The minimum Gasteiger partial charge on any atom is -0.374 e. The molecular weight excluding hydrogens is 244 g/mol. The zero-order chi connectivity index (χ0) is 13.8. The molecule has 104 valence electrons. The van der Waals surface area contributed by atoms with Crippen LogP contribution in [0, 0.1) is 0 Å². The van der Waals surface area contributed by atoms with E-state index in [-0.39, 0.29) is 0 Å². The molecule has 0 spiro atoms. The lowest BCUT2D eigenvalue weighted by atomic mass is 9.90. The first kappa shape index (κ1) is 13.2. The van der Waals surface area contributed by atoms with E-state index in [0.29, 0.717) is 5.92 Å². The zero-order valence-corrected chi connectivity index (χ0v) is 12.0. The molecule has 1 N–H and O–H groups in total. The Morgan fingerprint density at radius 3 is 2.65 bits per heavy atom. The predicted molar refractivity (Wildman–Crippen MR) is 85.2 cm³/mol. The van der Waals surface area contributed by atoms with E-state index in [2.05, 4.69) is 71.9 Å². The van der Waals surface area contributed by atoms with Gasteiger partial charge in [0.25, 0.3) is 0 Å². The van der Waals surface area contributed by atoms with E-state index >= 15 is 0 Å². The van der Waals surface area contributed by atoms with Crippen molar-refractivity contribution in [2.75, 3.05) is 25.0 Å². The Morgan fingerprint density at radius 1 is 1.05 bits per heavy atom. The lowest BCUT2D eigenvalue weighted by Crippen LogP contribution is -2.31. The maximum atomic E-state index is 3.61. The SMILES string of the molecule is CN1CC[C@H](CNCc2ccccc2)c2ccccc21. The zero-order valence-electron chi connectivity index (χ0n) is 12.0. The molecule has 0 saturated heterocycles. The summed E-state index contributed by atoms with van der Waals surface area (Å²) in [6, 6.07) is 19.4. The molecule has 0 aromatic heterocycles. The third kappa shape index (κ3) is 2.86. The fraction of sp³-hybridized carbons (Fsp3) is 0.333. The highest BCUT2D eigenvalue weighted by Gasteiger charge is 2.22. The lowest BCUT2D eigenvalue weighted by molar-refractivity contribution is 0.533. The number of anilines is 1. The van der Waals surface area contributed by atoms with E-state index in [1.807, 2.05) is 0 Å². The van der Waals surface area contributed by atoms with Gasteiger partial charge in [0.05, 0.1) is 0 Å². The molecule has 1 heterocycles. The predicted octanol–water partition coefficient (Wildman–Crippen LogP) is 3.40. The lowest BCUT2D eigenvalue weighted by Gasteiger charge is -2.33. The van der Waals surface area contributed by atoms with Crippen LogP contribution >= 0.6 is 0 Å². The van der Waals surface area contributed by atoms with Gasteiger partial charge in [-0.2, -0.15) is 0 Å². The van der Waals surface area contributed by atoms with Crippen molar-refractivity contribution in [1.29, 1.82) is 0 Å². The second-order valence-corrected chi connectivity index (χ2v) is 5.58. The second-order valence-electron chi connectivity index (χ2n) is 5.58. The summed E-state index contributed by atoms with van der Waals surface area (Å²) in [5.41, 5.74) is 4.24. The average Bonchev–Trinajstić information content (AvgIpc) is 2.51. The first-order valence-corrected chi connectivity index (χ1v) is 7.39. The normalized spacial score (nSPS) is 17.9. The highest BCUT2D eigenvalue weighted by Crippen LogP contribution is 2.33. The van der Waals surface area contributed by atoms with Crippen molar-refractivity contribution in [2.24, 2.45) is 0 Å². The molecule has 20 heavy (non-hydrogen) atoms. The third-order valence-electron chi connectivity index (χ3n) is 4.16. The van der Waals surface area contributed by atoms with Crippen LogP contribution in [-0.2, 0) is 6.54 Å². The Morgan fingerprint density at radius 2 is 1.80 bits per heavy atom. The minimum absolute atomic E-state index is 0.631. The molecule has 0 unspecified atom stereocenters. The van der Waals surface area contributed by atoms with Gasteiger partial charge in [0, 0.05) is 38.3 Å². The summed E-state index contributed by atoms with van der Waals surface area (Å²) in [4.78, 5) is 2.36. The van der Waals surface area contributed by atoms with Crippen LogP contribution < -0.4 is 10.2 Å². The van der Waals surface area contributed by atoms with Crippen molar-refractivity contribution < 1.29 is 0 Å². The maximum absolute atomic E-state index is 3.61. The van der Waals surface area contributed by atoms with Gasteiger partial charge in [-0.25, -0.2) is 0 Å². The molecule has 3 rings (SSSR count). The fourth-order valence-corrected chi connectivity index (χ4v) is 3.00. The molecule has 1 aliphatic rings. The molecule has 0 amide bonds. The molecular formula is C18H22N2. The van der Waals surface area contributed by atoms with E-state index in [1.54, 1.807) is 0 Å². The van der Waals surface area contributed by atoms with Gasteiger partial charge in [0.15, 0.2) is 0 Å². The highest BCUT2D eigenvalue weighted by atomic mass is 15.1. The second kappa shape index (κ2) is 6.10. The molecule has 0 bridgehead atoms. The van der Waals surface area contributed by atoms with E-state index in [0.717, 1.165) is 19.6 Å². The number of benzene rings is 2. The molecule has 0 saturated carbocycles. The van der Waals surface area contributed by atoms with Crippen molar-refractivity contribution in [3.63, 3.8) is 0 Å². The van der Waals surface area contributed by atoms with Crippen LogP contribution in [0.1, 0.15) is 23.5 Å². The van der Waals surface area contributed by atoms with Crippen molar-refractivity contribution in [1.82, 2.24) is 5.32 Å². The number of hydrogen-bond donors (Lipinski definition) is 1. The molecule has 2 aromatic carbocycles. The summed E-state index contributed by atoms with van der Waals surface area (Å²) < 4.78 is 0. The maximum Gasteiger partial charge on any atom is 0.0399 e. The average molecular weight is 266 g/mol. The first-order valence-electron chi connectivity index (χ1n) is 7.39. The van der Waals surface area contributed by atoms with Gasteiger partial charge in [-0.15, -0.1) is 0 Å². The largest absolute Gasteiger partial charge is 0.374 e. The van der Waals surface area contributed by atoms with Gasteiger partial charge in [0.2, 0.25) is 0 Å². The molecule has 0 aliphatic carbocycles. The van der Waals surface area contributed by atoms with E-state index < -0.39 is 0 Å². The Bertz CT molecular complexity index is 550. The van der Waals surface area contributed by atoms with Gasteiger partial charge in [-0.05, 0) is 23.6 Å². The van der Waals surface area contributed by atoms with Crippen LogP contribution in [0.2, 0.25) is 0 Å². The van der Waals surface area contributed by atoms with Gasteiger partial charge < -0.3 is 10.2 Å². The summed E-state index contributed by atoms with van der Waals surface area (Å²) in [6.07, 6.45) is 1.23. The van der Waals surface area contributed by atoms with Gasteiger partial charge in [0.1, 0.15) is 0 Å². The molecule has 2 nitrogen and oxygen atoms in total. The standard InChI is InChI=1S/C18H22N2/c1-20-12-11-16(17-9-5-6-10-18(17)20)14-19-13-15-7-3-2-4-8-15/h2-10,16,19H,11-14H2,1H3/t16-/m1/s1. The number of nitrogens with zero attached hydrogens (tertiary/aromatic N) is 1. The van der Waals surface area contributed by atoms with Crippen molar-refractivity contribution >= 4 is 5.69 Å². The quantitative estimate of drug-likeness (QED) is 0.912. The molecule has 0 fully saturated rings. The topological polar surface area (TPSA) is 15.3 Å². The van der Waals surface area contributed by atoms with Gasteiger partial charge in [-0.1, -0.05) is 48.5 Å². The number of para-hydroxylation sites is 1. The summed E-state index contributed by atoms with van der Waals surface area (Å²) in [7, 11) is 2.19. The van der Waals surface area contributed by atoms with Crippen LogP contribution in [0.3, 0.4) is 0 Å². The number of fused-ring (bicyclic) bond motifs is 1. The smallest absolute Gasteiger partial charge is 0.0399 e. The number of hydrogen-bond acceptors (Lipinski definition) is 2. The fourth-order valence-electron chi connectivity index (χ4n) is 3.00. The minimum atomic E-state index is 0.631. The molecule has 1 aliphatic heterocycles. The molecule has 0 radical (unpaired) electrons. The Kier molecular flexibility index (Phi) is 4.03. The van der Waals surface area contributed by atoms with E-state index in [1.165, 1.54) is 23.2 Å². The van der Waals surface area contributed by atoms with E-state index in [4.69, 9.17) is 0 Å². The Balaban J connectivity index is 1.63. The van der Waals surface area contributed by atoms with Crippen molar-refractivity contribution in [3.8, 4) is 0 Å². The summed E-state index contributed by atoms with van der Waals surface area (Å²) in [6.45, 7) is 3.16. The van der Waals surface area contributed by atoms with Crippen LogP contribution in [0.15, 0.2) is 54.6 Å². The summed E-state index contributed by atoms with van der Waals surface area (Å²) >= 11 is 0. The summed E-state index contributed by atoms with van der Waals surface area (Å²) in [5, 5.41) is 3.61.